The van der Waals surface area contributed by atoms with Gasteiger partial charge in [0, 0.05) is 49.5 Å². The predicted molar refractivity (Wildman–Crippen MR) is 60.9 cm³/mol. The van der Waals surface area contributed by atoms with Crippen molar-refractivity contribution in [2.75, 3.05) is 12.0 Å². The van der Waals surface area contributed by atoms with E-state index in [9.17, 15) is 9.59 Å². The van der Waals surface area contributed by atoms with Crippen LogP contribution in [-0.4, -0.2) is 17.1 Å². The van der Waals surface area contributed by atoms with Crippen molar-refractivity contribution in [2.24, 2.45) is 0 Å². The molecule has 2 N–H and O–H groups in total. The normalized spacial score (nSPS) is 13.1. The molecule has 1 aromatic rings. The van der Waals surface area contributed by atoms with Crippen LogP contribution in [0.2, 0.25) is 0 Å². The molecule has 0 unspecified atom stereocenters. The Morgan fingerprint density at radius 3 is 3.06 bits per heavy atom. The molecule has 1 aliphatic heterocycles. The third-order valence-electron chi connectivity index (χ3n) is 2.82. The molecule has 2 heterocycles. The smallest absolute Gasteiger partial charge is 0.217 e. The maximum absolute atomic E-state index is 11.8. The number of nitrogens with zero attached hydrogens (tertiary/aromatic N) is 1. The van der Waals surface area contributed by atoms with Gasteiger partial charge in [-0.1, -0.05) is 0 Å². The van der Waals surface area contributed by atoms with E-state index in [0.717, 1.165) is 24.4 Å². The van der Waals surface area contributed by atoms with Crippen LogP contribution in [0, 0.1) is 6.92 Å². The monoisotopic (exact) mass is 221 g/mol. The van der Waals surface area contributed by atoms with E-state index < -0.39 is 0 Å². The topological polar surface area (TPSA) is 63.1 Å². The molecule has 1 aromatic heterocycles. The Bertz CT molecular complexity index is 491. The van der Waals surface area contributed by atoms with Crippen molar-refractivity contribution in [1.29, 1.82) is 0 Å². The molecule has 0 saturated carbocycles. The standard InChI is InChI=1S/C11H15N3O2/c1-7-10(6-12-8(2)15)11(16)5-9-3-4-13-14(7)9/h5,13H,3-4,6H2,1-2H3,(H,12,15). The Labute approximate surface area is 93.4 Å². The maximum atomic E-state index is 11.8. The van der Waals surface area contributed by atoms with Gasteiger partial charge in [0.2, 0.25) is 5.91 Å². The van der Waals surface area contributed by atoms with Gasteiger partial charge in [0.05, 0.1) is 0 Å². The van der Waals surface area contributed by atoms with E-state index in [0.29, 0.717) is 12.1 Å². The lowest BCUT2D eigenvalue weighted by atomic mass is 10.1. The number of hydrogen-bond donors (Lipinski definition) is 2. The van der Waals surface area contributed by atoms with Crippen molar-refractivity contribution >= 4 is 5.91 Å². The first-order valence-electron chi connectivity index (χ1n) is 5.32. The van der Waals surface area contributed by atoms with Gasteiger partial charge >= 0.3 is 0 Å². The van der Waals surface area contributed by atoms with Gasteiger partial charge in [0.25, 0.3) is 0 Å². The molecule has 0 bridgehead atoms. The van der Waals surface area contributed by atoms with Crippen molar-refractivity contribution < 1.29 is 4.79 Å². The number of pyridine rings is 1. The summed E-state index contributed by atoms with van der Waals surface area (Å²) in [6.45, 7) is 4.48. The van der Waals surface area contributed by atoms with Gasteiger partial charge in [-0.2, -0.15) is 0 Å². The minimum absolute atomic E-state index is 0.00111. The van der Waals surface area contributed by atoms with Gasteiger partial charge in [-0.15, -0.1) is 0 Å². The molecule has 2 rings (SSSR count). The Kier molecular flexibility index (Phi) is 2.68. The first kappa shape index (κ1) is 10.7. The fraction of sp³-hybridized carbons (Fsp3) is 0.455. The summed E-state index contributed by atoms with van der Waals surface area (Å²) in [5.74, 6) is -0.128. The van der Waals surface area contributed by atoms with Gasteiger partial charge in [-0.3, -0.25) is 14.3 Å². The number of amides is 1. The van der Waals surface area contributed by atoms with Crippen LogP contribution in [0.5, 0.6) is 0 Å². The summed E-state index contributed by atoms with van der Waals surface area (Å²) in [6.07, 6.45) is 0.872. The summed E-state index contributed by atoms with van der Waals surface area (Å²) in [6, 6.07) is 1.64. The van der Waals surface area contributed by atoms with Gasteiger partial charge in [-0.05, 0) is 6.92 Å². The number of nitrogens with one attached hydrogen (secondary N) is 2. The van der Waals surface area contributed by atoms with Crippen molar-refractivity contribution in [1.82, 2.24) is 9.99 Å². The fourth-order valence-electron chi connectivity index (χ4n) is 1.96. The van der Waals surface area contributed by atoms with Crippen LogP contribution < -0.4 is 16.2 Å². The summed E-state index contributed by atoms with van der Waals surface area (Å²) in [7, 11) is 0. The Morgan fingerprint density at radius 2 is 2.38 bits per heavy atom. The van der Waals surface area contributed by atoms with Crippen LogP contribution in [0.4, 0.5) is 0 Å². The lowest BCUT2D eigenvalue weighted by molar-refractivity contribution is -0.119. The molecule has 5 heteroatoms. The van der Waals surface area contributed by atoms with Crippen LogP contribution >= 0.6 is 0 Å². The average molecular weight is 221 g/mol. The second-order valence-corrected chi connectivity index (χ2v) is 3.97. The van der Waals surface area contributed by atoms with Gasteiger partial charge in [-0.25, -0.2) is 0 Å². The molecule has 86 valence electrons. The quantitative estimate of drug-likeness (QED) is 0.732. The number of rotatable bonds is 2. The van der Waals surface area contributed by atoms with Crippen molar-refractivity contribution in [3.8, 4) is 0 Å². The number of carbonyl (C=O) groups is 1. The van der Waals surface area contributed by atoms with Gasteiger partial charge in [0.1, 0.15) is 0 Å². The minimum atomic E-state index is -0.128. The van der Waals surface area contributed by atoms with Crippen molar-refractivity contribution in [3.05, 3.63) is 33.2 Å². The summed E-state index contributed by atoms with van der Waals surface area (Å²) < 4.78 is 1.93. The molecule has 0 radical (unpaired) electrons. The number of hydrogen-bond acceptors (Lipinski definition) is 3. The molecule has 0 atom stereocenters. The molecule has 1 amide bonds. The zero-order valence-electron chi connectivity index (χ0n) is 9.46. The second-order valence-electron chi connectivity index (χ2n) is 3.97. The van der Waals surface area contributed by atoms with Crippen molar-refractivity contribution in [2.45, 2.75) is 26.8 Å². The number of aromatic nitrogens is 1. The maximum Gasteiger partial charge on any atom is 0.217 e. The van der Waals surface area contributed by atoms with E-state index in [1.165, 1.54) is 6.92 Å². The Balaban J connectivity index is 2.38. The zero-order valence-corrected chi connectivity index (χ0v) is 9.46. The largest absolute Gasteiger partial charge is 0.352 e. The Hall–Kier alpha value is -1.78. The SMILES string of the molecule is CC(=O)NCc1c(C)n2c(cc1=O)CCN2. The van der Waals surface area contributed by atoms with Crippen LogP contribution in [0.15, 0.2) is 10.9 Å². The highest BCUT2D eigenvalue weighted by Gasteiger charge is 2.15. The van der Waals surface area contributed by atoms with Crippen LogP contribution in [0.25, 0.3) is 0 Å². The summed E-state index contributed by atoms with van der Waals surface area (Å²) in [4.78, 5) is 22.7. The molecule has 0 aliphatic carbocycles. The minimum Gasteiger partial charge on any atom is -0.352 e. The molecule has 0 saturated heterocycles. The third kappa shape index (κ3) is 1.80. The molecule has 5 nitrogen and oxygen atoms in total. The molecular formula is C11H15N3O2. The molecule has 16 heavy (non-hydrogen) atoms. The molecular weight excluding hydrogens is 206 g/mol. The fourth-order valence-corrected chi connectivity index (χ4v) is 1.96. The van der Waals surface area contributed by atoms with E-state index >= 15 is 0 Å². The highest BCUT2D eigenvalue weighted by Crippen LogP contribution is 2.10. The van der Waals surface area contributed by atoms with Gasteiger partial charge < -0.3 is 10.7 Å². The predicted octanol–water partition coefficient (Wildman–Crippen LogP) is -0.108. The lowest BCUT2D eigenvalue weighted by Crippen LogP contribution is -2.27. The Morgan fingerprint density at radius 1 is 1.62 bits per heavy atom. The van der Waals surface area contributed by atoms with Gasteiger partial charge in [0.15, 0.2) is 5.43 Å². The van der Waals surface area contributed by atoms with Crippen LogP contribution in [-0.2, 0) is 17.8 Å². The van der Waals surface area contributed by atoms with Crippen molar-refractivity contribution in [3.63, 3.8) is 0 Å². The first-order chi connectivity index (χ1) is 7.59. The van der Waals surface area contributed by atoms with Crippen LogP contribution in [0.1, 0.15) is 23.9 Å². The van der Waals surface area contributed by atoms with E-state index in [-0.39, 0.29) is 11.3 Å². The van der Waals surface area contributed by atoms with Crippen LogP contribution in [0.3, 0.4) is 0 Å². The molecule has 0 spiro atoms. The highest BCUT2D eigenvalue weighted by molar-refractivity contribution is 5.72. The number of carbonyl (C=O) groups excluding carboxylic acids is 1. The molecule has 1 aliphatic rings. The third-order valence-corrected chi connectivity index (χ3v) is 2.82. The summed E-state index contributed by atoms with van der Waals surface area (Å²) in [5, 5.41) is 2.65. The van der Waals surface area contributed by atoms with E-state index in [1.54, 1.807) is 6.07 Å². The van der Waals surface area contributed by atoms with E-state index in [1.807, 2.05) is 11.6 Å². The summed E-state index contributed by atoms with van der Waals surface area (Å²) >= 11 is 0. The second kappa shape index (κ2) is 4.00. The van der Waals surface area contributed by atoms with E-state index in [2.05, 4.69) is 10.7 Å². The molecule has 0 fully saturated rings. The van der Waals surface area contributed by atoms with E-state index in [4.69, 9.17) is 0 Å². The summed E-state index contributed by atoms with van der Waals surface area (Å²) in [5.41, 5.74) is 5.73. The average Bonchev–Trinajstić information content (AvgIpc) is 2.64. The highest BCUT2D eigenvalue weighted by atomic mass is 16.1. The lowest BCUT2D eigenvalue weighted by Gasteiger charge is -2.13. The first-order valence-corrected chi connectivity index (χ1v) is 5.32. The zero-order chi connectivity index (χ0) is 11.7. The number of fused-ring (bicyclic) bond motifs is 1. The molecule has 0 aromatic carbocycles.